The quantitative estimate of drug-likeness (QED) is 0.0221. The molecule has 5 heterocycles. The third-order valence-corrected chi connectivity index (χ3v) is 25.3. The number of carbonyl (C=O) groups excluding carboxylic acids is 16. The number of carboxylic acid groups (broad SMARTS) is 1. The van der Waals surface area contributed by atoms with E-state index in [9.17, 15) is 83.4 Å². The van der Waals surface area contributed by atoms with Crippen LogP contribution in [0.15, 0.2) is 85.2 Å². The molecule has 740 valence electrons. The van der Waals surface area contributed by atoms with Crippen LogP contribution in [0.1, 0.15) is 141 Å². The van der Waals surface area contributed by atoms with Crippen molar-refractivity contribution in [1.82, 2.24) is 87.2 Å². The van der Waals surface area contributed by atoms with E-state index >= 15 is 28.8 Å². The molecule has 3 saturated heterocycles. The van der Waals surface area contributed by atoms with Crippen molar-refractivity contribution in [2.75, 3.05) is 65.4 Å². The predicted octanol–water partition coefficient (Wildman–Crippen LogP) is -4.40. The predicted molar refractivity (Wildman–Crippen MR) is 494 cm³/mol. The van der Waals surface area contributed by atoms with Gasteiger partial charge in [-0.1, -0.05) is 102 Å². The highest BCUT2D eigenvalue weighted by atomic mass is 32.2. The molecule has 8 rings (SSSR count). The fourth-order valence-electron chi connectivity index (χ4n) is 16.9. The molecule has 0 radical (unpaired) electrons. The Morgan fingerprint density at radius 1 is 0.585 bits per heavy atom. The summed E-state index contributed by atoms with van der Waals surface area (Å²) in [5.41, 5.74) is 25.8. The van der Waals surface area contributed by atoms with Crippen LogP contribution in [-0.2, 0) is 107 Å². The largest absolute Gasteiger partial charge is 0.508 e. The van der Waals surface area contributed by atoms with Crippen molar-refractivity contribution in [2.24, 2.45) is 28.9 Å². The molecule has 3 aliphatic rings. The molecule has 3 unspecified atom stereocenters. The number of benzene rings is 3. The molecule has 3 fully saturated rings. The van der Waals surface area contributed by atoms with Crippen LogP contribution in [0, 0.1) is 5.92 Å². The van der Waals surface area contributed by atoms with Gasteiger partial charge in [0.25, 0.3) is 0 Å². The molecule has 5 aromatic rings. The third-order valence-electron chi connectivity index (χ3n) is 24.3. The van der Waals surface area contributed by atoms with E-state index in [-0.39, 0.29) is 89.1 Å². The number of nitrogens with one attached hydrogen (secondary N) is 11. The zero-order valence-corrected chi connectivity index (χ0v) is 78.0. The van der Waals surface area contributed by atoms with Gasteiger partial charge in [-0.05, 0) is 112 Å². The molecule has 45 heteroatoms. The molecular formula is C90H131N21O23S. The summed E-state index contributed by atoms with van der Waals surface area (Å²) in [5.74, 6) is -18.6. The van der Waals surface area contributed by atoms with Crippen molar-refractivity contribution in [3.63, 3.8) is 0 Å². The number of carboxylic acids is 1. The first-order chi connectivity index (χ1) is 64.1. The zero-order valence-electron chi connectivity index (χ0n) is 77.2. The number of aromatic nitrogens is 2. The number of nitrogens with zero attached hydrogens (tertiary/aromatic N) is 6. The number of likely N-dealkylation sites (N-methyl/N-ethyl adjacent to an activating group) is 3. The van der Waals surface area contributed by atoms with Crippen LogP contribution in [0.5, 0.6) is 5.75 Å². The van der Waals surface area contributed by atoms with E-state index in [4.69, 9.17) is 22.9 Å². The van der Waals surface area contributed by atoms with Gasteiger partial charge in [-0.15, -0.1) is 11.8 Å². The van der Waals surface area contributed by atoms with Gasteiger partial charge in [-0.3, -0.25) is 86.4 Å². The van der Waals surface area contributed by atoms with Crippen molar-refractivity contribution in [2.45, 2.75) is 254 Å². The lowest BCUT2D eigenvalue weighted by Crippen LogP contribution is -2.62. The highest BCUT2D eigenvalue weighted by molar-refractivity contribution is 8.00. The number of rotatable bonds is 27. The Labute approximate surface area is 785 Å². The van der Waals surface area contributed by atoms with Gasteiger partial charge >= 0.3 is 5.97 Å². The number of phenolic OH excluding ortho intramolecular Hbond substituents is 1. The summed E-state index contributed by atoms with van der Waals surface area (Å²) in [7, 11) is 4.04. The smallest absolute Gasteiger partial charge is 0.303 e. The number of hydrogen-bond donors (Lipinski definition) is 21. The summed E-state index contributed by atoms with van der Waals surface area (Å²) in [4.78, 5) is 255. The molecule has 16 atom stereocenters. The molecule has 44 nitrogen and oxygen atoms in total. The topological polar surface area (TPSA) is 673 Å². The minimum Gasteiger partial charge on any atom is -0.508 e. The number of primary amides is 2. The number of carbonyl (C=O) groups is 17. The Morgan fingerprint density at radius 3 is 1.81 bits per heavy atom. The Morgan fingerprint density at radius 2 is 1.16 bits per heavy atom. The summed E-state index contributed by atoms with van der Waals surface area (Å²) >= 11 is 0.782. The summed E-state index contributed by atoms with van der Waals surface area (Å²) in [6.45, 7) is 5.69. The lowest BCUT2D eigenvalue weighted by atomic mass is 9.98. The highest BCUT2D eigenvalue weighted by Gasteiger charge is 2.47. The number of amides is 16. The lowest BCUT2D eigenvalue weighted by Gasteiger charge is -2.41. The average Bonchev–Trinajstić information content (AvgIpc) is 1.55. The number of aliphatic hydroxyl groups is 4. The van der Waals surface area contributed by atoms with Gasteiger partial charge in [0.05, 0.1) is 43.5 Å². The number of thioether (sulfide) groups is 1. The Kier molecular flexibility index (Phi) is 41.0. The monoisotopic (exact) mass is 1910 g/mol. The van der Waals surface area contributed by atoms with E-state index in [0.717, 1.165) is 26.5 Å². The number of fused-ring (bicyclic) bond motifs is 4. The van der Waals surface area contributed by atoms with Gasteiger partial charge < -0.3 is 136 Å². The number of hydrogen-bond acceptors (Lipinski definition) is 26. The minimum absolute atomic E-state index is 0.0533. The van der Waals surface area contributed by atoms with Crippen molar-refractivity contribution in [3.8, 4) is 5.75 Å². The maximum Gasteiger partial charge on any atom is 0.303 e. The molecule has 0 spiro atoms. The zero-order chi connectivity index (χ0) is 99.4. The molecule has 0 saturated carbocycles. The average molecular weight is 1910 g/mol. The summed E-state index contributed by atoms with van der Waals surface area (Å²) < 4.78 is 1.53. The molecule has 0 aliphatic carbocycles. The molecular weight excluding hydrogens is 1780 g/mol. The number of para-hydroxylation sites is 2. The Hall–Kier alpha value is -12.4. The van der Waals surface area contributed by atoms with Gasteiger partial charge in [-0.25, -0.2) is 0 Å². The van der Waals surface area contributed by atoms with Crippen molar-refractivity contribution < 1.29 is 112 Å². The van der Waals surface area contributed by atoms with E-state index in [1.54, 1.807) is 74.8 Å². The number of phenols is 1. The number of nitrogens with two attached hydrogens (primary N) is 4. The first-order valence-electron chi connectivity index (χ1n) is 45.3. The van der Waals surface area contributed by atoms with Crippen LogP contribution in [0.2, 0.25) is 0 Å². The summed E-state index contributed by atoms with van der Waals surface area (Å²) in [5, 5.41) is 92.4. The molecule has 3 aliphatic heterocycles. The lowest BCUT2D eigenvalue weighted by molar-refractivity contribution is -0.147. The third kappa shape index (κ3) is 30.3. The SMILES string of the molecule is CCCC[C@H]1C(O)N(C)[C@@H](CCCC)C(=O)N[C@@H](CC(C)C)C(=O)N[C@H](C(=O)NCC(N)=O)CSCC(=O)N[C@@H](Cc2ccc(O)cc2)C(=O)N(C)[C@@H](C)C(=O)N[C@@H](CC(N)=O)C(=O)N2CCC[C@H]2C(=O)N[C@@H](CN)C(=O)N[C@@H](CCC(=O)O)C(=O)N2CC(O)C[C@H]2C(=O)N[C@@H](Cc2c[nH]c3ccccc23)C(=O)N[C@@H](CCN)C(=O)NC(Cc2cn(CC(O)O)c3ccccc23)C(=O)N1C. The Balaban J connectivity index is 1.21. The Bertz CT molecular complexity index is 5020. The standard InChI is InChI=1S/C90H131N21O23S/c1-9-11-21-68-83(127)100-60(34-48(3)4)80(124)105-66(78(122)96-42-73(94)115)46-135-47-74(116)97-62(35-50-25-27-53(112)28-26-50)86(130)106(6)49(5)77(121)102-64(39-72(93)114)89(133)110-33-17-24-69(110)84(128)104-65(40-92)82(126)99-59(29-30-75(117)118)88(132)111-44-54(113)38-71(111)85(129)101-61(36-51-41-95-57-20-15-13-18-55(51)57)81(125)98-58(31-32-91)79(123)103-63(87(131)108(8)70(22-12-10-2)90(134)107(68)7)37-52-43-109(45-76(119)120)67-23-16-14-19-56(52)67/h13-16,18-20,23,25-28,41,43,48-49,54,58-66,68-71,76,90,95,112-113,119-120,134H,9-12,17,21-22,24,29-40,42,44-47,91-92H2,1-8H3,(H2,93,114)(H2,94,115)(H,96,122)(H,97,116)(H,98,125)(H,99,126)(H,100,127)(H,101,129)(H,102,121)(H,103,123)(H,104,128)(H,105,124)(H,117,118)/t49-,54?,58-,59-,60-,61-,62-,63?,64-,65-,66-,68-,69-,70-,71-,90?/m0/s1. The molecule has 16 amide bonds. The normalized spacial score (nSPS) is 25.5. The minimum atomic E-state index is -1.86. The number of unbranched alkanes of at least 4 members (excludes halogenated alkanes) is 2. The van der Waals surface area contributed by atoms with Gasteiger partial charge in [0, 0.05) is 106 Å². The van der Waals surface area contributed by atoms with Gasteiger partial charge in [0.15, 0.2) is 6.29 Å². The van der Waals surface area contributed by atoms with Crippen molar-refractivity contribution in [3.05, 3.63) is 102 Å². The molecule has 0 bridgehead atoms. The number of H-pyrrole nitrogens is 1. The molecule has 25 N–H and O–H groups in total. The second-order valence-electron chi connectivity index (χ2n) is 34.9. The van der Waals surface area contributed by atoms with Crippen LogP contribution >= 0.6 is 11.8 Å². The first-order valence-corrected chi connectivity index (χ1v) is 46.5. The second kappa shape index (κ2) is 51.3. The van der Waals surface area contributed by atoms with Crippen LogP contribution in [0.25, 0.3) is 21.8 Å². The number of aromatic hydroxyl groups is 1. The van der Waals surface area contributed by atoms with E-state index in [1.165, 1.54) is 66.7 Å². The van der Waals surface area contributed by atoms with Crippen molar-refractivity contribution in [1.29, 1.82) is 0 Å². The summed E-state index contributed by atoms with van der Waals surface area (Å²) in [6, 6.07) is -2.74. The number of aliphatic carboxylic acids is 1. The first kappa shape index (κ1) is 108. The van der Waals surface area contributed by atoms with Gasteiger partial charge in [-0.2, -0.15) is 0 Å². The fourth-order valence-corrected chi connectivity index (χ4v) is 17.7. The number of aliphatic hydroxyl groups excluding tert-OH is 3. The number of aromatic amines is 1. The fraction of sp³-hybridized carbons (Fsp3) is 0.567. The van der Waals surface area contributed by atoms with E-state index in [2.05, 4.69) is 58.2 Å². The van der Waals surface area contributed by atoms with E-state index in [0.29, 0.717) is 64.2 Å². The molecule has 135 heavy (non-hydrogen) atoms. The van der Waals surface area contributed by atoms with Crippen molar-refractivity contribution >= 4 is 134 Å². The highest BCUT2D eigenvalue weighted by Crippen LogP contribution is 2.29. The van der Waals surface area contributed by atoms with Crippen LogP contribution in [0.3, 0.4) is 0 Å². The van der Waals surface area contributed by atoms with Crippen LogP contribution in [-0.4, -0.2) is 334 Å². The summed E-state index contributed by atoms with van der Waals surface area (Å²) in [6.07, 6.45) is -4.07. The maximum absolute atomic E-state index is 16.0. The van der Waals surface area contributed by atoms with Gasteiger partial charge in [0.1, 0.15) is 84.5 Å². The maximum atomic E-state index is 16.0. The molecule has 3 aromatic carbocycles. The molecule has 2 aromatic heterocycles. The van der Waals surface area contributed by atoms with Crippen LogP contribution in [0.4, 0.5) is 0 Å². The van der Waals surface area contributed by atoms with Gasteiger partial charge in [0.2, 0.25) is 94.5 Å². The van der Waals surface area contributed by atoms with E-state index in [1.807, 2.05) is 13.8 Å². The van der Waals surface area contributed by atoms with E-state index < -0.39 is 261 Å². The second-order valence-corrected chi connectivity index (χ2v) is 35.9. The van der Waals surface area contributed by atoms with Crippen LogP contribution < -0.4 is 76.1 Å².